The number of phenols is 1. The van der Waals surface area contributed by atoms with E-state index in [1.54, 1.807) is 0 Å². The number of ketones is 1. The zero-order valence-corrected chi connectivity index (χ0v) is 17.2. The largest absolute Gasteiger partial charge is 0.289 e. The summed E-state index contributed by atoms with van der Waals surface area (Å²) in [6, 6.07) is 19.0. The van der Waals surface area contributed by atoms with E-state index in [2.05, 4.69) is 5.32 Å². The van der Waals surface area contributed by atoms with Gasteiger partial charge in [0, 0.05) is 11.1 Å². The van der Waals surface area contributed by atoms with Crippen molar-refractivity contribution in [2.24, 2.45) is 0 Å². The van der Waals surface area contributed by atoms with Crippen LogP contribution in [-0.4, -0.2) is 39.2 Å². The molecule has 1 amide bonds. The average molecular weight is 455 g/mol. The molecule has 0 heterocycles. The maximum Gasteiger partial charge on any atom is 0.194 e. The fraction of sp³-hybridized carbons (Fsp3) is 0.0476. The molecule has 0 spiro atoms. The summed E-state index contributed by atoms with van der Waals surface area (Å²) in [4.78, 5) is 22.6. The van der Waals surface area contributed by atoms with Crippen LogP contribution in [0.2, 0.25) is 0 Å². The molecule has 0 radical (unpaired) electrons. The minimum Gasteiger partial charge on any atom is -0.289 e. The molecule has 29 heavy (non-hydrogen) atoms. The number of rotatable bonds is 2. The van der Waals surface area contributed by atoms with Crippen LogP contribution in [0.1, 0.15) is 22.8 Å². The van der Waals surface area contributed by atoms with Gasteiger partial charge in [0.25, 0.3) is 0 Å². The van der Waals surface area contributed by atoms with Gasteiger partial charge in [-0.25, -0.2) is 0 Å². The van der Waals surface area contributed by atoms with Crippen molar-refractivity contribution in [3.63, 3.8) is 0 Å². The van der Waals surface area contributed by atoms with Crippen LogP contribution in [0.3, 0.4) is 0 Å². The second kappa shape index (κ2) is 8.09. The molecule has 4 rings (SSSR count). The molecule has 0 saturated heterocycles. The Labute approximate surface area is 169 Å². The Morgan fingerprint density at radius 2 is 1.34 bits per heavy atom. The molecule has 7 nitrogen and oxygen atoms in total. The zero-order chi connectivity index (χ0) is 21.2. The molecule has 0 aromatic heterocycles. The van der Waals surface area contributed by atoms with Crippen LogP contribution < -0.4 is 9.67 Å². The number of carbonyl (C=O) groups excluding carboxylic acids is 2. The van der Waals surface area contributed by atoms with Crippen molar-refractivity contribution in [3.05, 3.63) is 77.9 Å². The first kappa shape index (κ1) is 20.6. The molecule has 8 heteroatoms. The van der Waals surface area contributed by atoms with Crippen LogP contribution in [0.15, 0.2) is 66.7 Å². The summed E-state index contributed by atoms with van der Waals surface area (Å²) in [5.74, 6) is -0.700. The maximum atomic E-state index is 11.9. The molecule has 3 aromatic carbocycles. The minimum absolute atomic E-state index is 0.149. The zero-order valence-electron chi connectivity index (χ0n) is 15.4. The summed E-state index contributed by atoms with van der Waals surface area (Å²) in [6.45, 7) is 1.29. The quantitative estimate of drug-likeness (QED) is 0.342. The Kier molecular flexibility index (Phi) is 5.75. The third kappa shape index (κ3) is 4.49. The topological polar surface area (TPSA) is 124 Å². The van der Waals surface area contributed by atoms with E-state index >= 15 is 0 Å². The van der Waals surface area contributed by atoms with Crippen LogP contribution in [0.25, 0.3) is 11.1 Å². The van der Waals surface area contributed by atoms with Gasteiger partial charge in [-0.1, -0.05) is 48.5 Å². The molecule has 0 saturated carbocycles. The summed E-state index contributed by atoms with van der Waals surface area (Å²) in [5, 5.41) is 11.7. The molecule has 1 aliphatic rings. The van der Waals surface area contributed by atoms with Gasteiger partial charge in [0.05, 0.1) is 0 Å². The number of fused-ring (bicyclic) bond motifs is 3. The number of aromatic hydroxyl groups is 1. The Balaban J connectivity index is 0.000000166. The van der Waals surface area contributed by atoms with Crippen LogP contribution >= 0.6 is 0 Å². The molecule has 148 valence electrons. The monoisotopic (exact) mass is 455 g/mol. The molecule has 1 aliphatic carbocycles. The Morgan fingerprint density at radius 1 is 0.862 bits per heavy atom. The van der Waals surface area contributed by atoms with E-state index in [-0.39, 0.29) is 17.4 Å². The Bertz CT molecular complexity index is 1100. The number of nitrogens with one attached hydrogen (secondary N) is 1. The van der Waals surface area contributed by atoms with Gasteiger partial charge in [0.2, 0.25) is 0 Å². The number of phenolic OH excluding ortho intramolecular Hbond substituents is 1. The molecule has 3 aromatic rings. The fourth-order valence-corrected chi connectivity index (χ4v) is 4.35. The van der Waals surface area contributed by atoms with E-state index in [9.17, 15) is 18.4 Å². The predicted octanol–water partition coefficient (Wildman–Crippen LogP) is 1.81. The van der Waals surface area contributed by atoms with Gasteiger partial charge in [0.1, 0.15) is 0 Å². The van der Waals surface area contributed by atoms with Gasteiger partial charge in [0.15, 0.2) is 5.78 Å². The van der Waals surface area contributed by atoms with E-state index < -0.39 is 24.3 Å². The molecule has 0 atom stereocenters. The van der Waals surface area contributed by atoms with E-state index in [0.717, 1.165) is 34.4 Å². The molecule has 4 N–H and O–H groups in total. The van der Waals surface area contributed by atoms with Crippen molar-refractivity contribution < 1.29 is 26.6 Å². The van der Waals surface area contributed by atoms with Crippen LogP contribution in [-0.2, 0) is 8.53 Å². The number of carbonyl (C=O) groups is 2. The number of anilines is 1. The van der Waals surface area contributed by atoms with Gasteiger partial charge in [-0.15, -0.1) is 0 Å². The van der Waals surface area contributed by atoms with Crippen LogP contribution in [0, 0.1) is 0 Å². The molecule has 0 aliphatic heterocycles. The summed E-state index contributed by atoms with van der Waals surface area (Å²) < 4.78 is 28.2. The van der Waals surface area contributed by atoms with Crippen molar-refractivity contribution in [3.8, 4) is 16.9 Å². The van der Waals surface area contributed by atoms with Crippen molar-refractivity contribution in [1.82, 2.24) is 0 Å². The SMILES string of the molecule is CC(=O)Nc1ccc([As](=O)(O)O)c(O)c1.O=C1c2ccccc2-c2ccccc21. The predicted molar refractivity (Wildman–Crippen MR) is 108 cm³/mol. The molecule has 0 unspecified atom stereocenters. The summed E-state index contributed by atoms with van der Waals surface area (Å²) >= 11 is -5.09. The number of benzene rings is 3. The third-order valence-electron chi connectivity index (χ3n) is 4.24. The Hall–Kier alpha value is -3.12. The summed E-state index contributed by atoms with van der Waals surface area (Å²) in [6.07, 6.45) is 0. The van der Waals surface area contributed by atoms with Crippen molar-refractivity contribution in [2.45, 2.75) is 6.92 Å². The van der Waals surface area contributed by atoms with Crippen LogP contribution in [0.4, 0.5) is 5.69 Å². The minimum atomic E-state index is -5.09. The van der Waals surface area contributed by atoms with E-state index in [1.165, 1.54) is 13.0 Å². The van der Waals surface area contributed by atoms with Gasteiger partial charge >= 0.3 is 88.1 Å². The van der Waals surface area contributed by atoms with Gasteiger partial charge < -0.3 is 0 Å². The van der Waals surface area contributed by atoms with Crippen molar-refractivity contribution in [1.29, 1.82) is 0 Å². The van der Waals surface area contributed by atoms with Gasteiger partial charge in [-0.2, -0.15) is 0 Å². The second-order valence-electron chi connectivity index (χ2n) is 6.35. The molecule has 0 bridgehead atoms. The fourth-order valence-electron chi connectivity index (χ4n) is 3.03. The smallest absolute Gasteiger partial charge is 0.194 e. The first-order valence-corrected chi connectivity index (χ1v) is 12.0. The Morgan fingerprint density at radius 3 is 1.76 bits per heavy atom. The van der Waals surface area contributed by atoms with E-state index in [4.69, 9.17) is 8.19 Å². The third-order valence-corrected chi connectivity index (χ3v) is 6.35. The standard InChI is InChI=1S/C13H8O.C8H10AsNO5/c14-13-11-7-3-1-5-9(11)10-6-2-4-8-12(10)13;1-5(11)10-6-2-3-7(8(12)4-6)9(13,14)15/h1-8H;2-4,12H,1H3,(H,10,11)(H2,13,14,15). The maximum absolute atomic E-state index is 11.9. The van der Waals surface area contributed by atoms with Crippen molar-refractivity contribution >= 4 is 35.9 Å². The van der Waals surface area contributed by atoms with Gasteiger partial charge in [-0.05, 0) is 11.1 Å². The normalized spacial score (nSPS) is 11.8. The van der Waals surface area contributed by atoms with E-state index in [1.807, 2.05) is 48.5 Å². The van der Waals surface area contributed by atoms with E-state index in [0.29, 0.717) is 0 Å². The average Bonchev–Trinajstić information content (AvgIpc) is 2.94. The van der Waals surface area contributed by atoms with Crippen LogP contribution in [0.5, 0.6) is 5.75 Å². The number of hydrogen-bond acceptors (Lipinski definition) is 4. The number of hydrogen-bond donors (Lipinski definition) is 4. The summed E-state index contributed by atoms with van der Waals surface area (Å²) in [5.41, 5.74) is 4.07. The second-order valence-corrected chi connectivity index (χ2v) is 9.64. The number of amides is 1. The molecule has 0 fully saturated rings. The summed E-state index contributed by atoms with van der Waals surface area (Å²) in [7, 11) is 0. The molecular formula is C21H18AsNO6. The van der Waals surface area contributed by atoms with Gasteiger partial charge in [-0.3, -0.25) is 4.79 Å². The first-order chi connectivity index (χ1) is 13.7. The first-order valence-electron chi connectivity index (χ1n) is 8.58. The van der Waals surface area contributed by atoms with Crippen molar-refractivity contribution in [2.75, 3.05) is 5.32 Å². The molecular weight excluding hydrogens is 437 g/mol.